The van der Waals surface area contributed by atoms with E-state index in [1.165, 1.54) is 0 Å². The van der Waals surface area contributed by atoms with E-state index in [-0.39, 0.29) is 5.41 Å². The van der Waals surface area contributed by atoms with Crippen LogP contribution in [0.25, 0.3) is 0 Å². The molecule has 1 aromatic rings. The third-order valence-corrected chi connectivity index (χ3v) is 2.66. The Labute approximate surface area is 77.9 Å². The normalized spacial score (nSPS) is 19.8. The summed E-state index contributed by atoms with van der Waals surface area (Å²) < 4.78 is 10.7. The van der Waals surface area contributed by atoms with Gasteiger partial charge in [-0.15, -0.1) is 0 Å². The molecule has 0 bridgehead atoms. The zero-order valence-electron chi connectivity index (χ0n) is 7.66. The summed E-state index contributed by atoms with van der Waals surface area (Å²) in [5.41, 5.74) is 5.62. The van der Waals surface area contributed by atoms with Crippen molar-refractivity contribution in [2.75, 3.05) is 19.8 Å². The lowest BCUT2D eigenvalue weighted by Gasteiger charge is -2.39. The fourth-order valence-electron chi connectivity index (χ4n) is 1.78. The van der Waals surface area contributed by atoms with Crippen molar-refractivity contribution in [1.82, 2.24) is 0 Å². The maximum absolute atomic E-state index is 5.50. The molecule has 0 unspecified atom stereocenters. The summed E-state index contributed by atoms with van der Waals surface area (Å²) in [6.45, 7) is 2.30. The Morgan fingerprint density at radius 3 is 2.77 bits per heavy atom. The number of rotatable bonds is 4. The van der Waals surface area contributed by atoms with Crippen LogP contribution in [0.3, 0.4) is 0 Å². The van der Waals surface area contributed by atoms with E-state index in [0.717, 1.165) is 38.4 Å². The Morgan fingerprint density at radius 1 is 1.46 bits per heavy atom. The molecule has 0 atom stereocenters. The molecule has 2 N–H and O–H groups in total. The molecular weight excluding hydrogens is 166 g/mol. The maximum Gasteiger partial charge on any atom is 0.114 e. The van der Waals surface area contributed by atoms with Crippen LogP contribution >= 0.6 is 0 Å². The van der Waals surface area contributed by atoms with Gasteiger partial charge in [-0.25, -0.2) is 0 Å². The zero-order valence-corrected chi connectivity index (χ0v) is 7.66. The predicted octanol–water partition coefficient (Wildman–Crippen LogP) is 1.29. The summed E-state index contributed by atoms with van der Waals surface area (Å²) in [5.74, 6) is 1.05. The second kappa shape index (κ2) is 3.52. The summed E-state index contributed by atoms with van der Waals surface area (Å²) in [7, 11) is 0. The Hall–Kier alpha value is -0.800. The average Bonchev–Trinajstić information content (AvgIpc) is 2.56. The third-order valence-electron chi connectivity index (χ3n) is 2.66. The lowest BCUT2D eigenvalue weighted by molar-refractivity contribution is -0.0747. The van der Waals surface area contributed by atoms with E-state index in [1.807, 2.05) is 12.1 Å². The molecule has 3 nitrogen and oxygen atoms in total. The first-order valence-electron chi connectivity index (χ1n) is 4.69. The van der Waals surface area contributed by atoms with Crippen molar-refractivity contribution in [3.8, 4) is 0 Å². The van der Waals surface area contributed by atoms with Gasteiger partial charge in [0.25, 0.3) is 0 Å². The van der Waals surface area contributed by atoms with E-state index in [4.69, 9.17) is 14.9 Å². The molecule has 0 aromatic carbocycles. The molecule has 2 rings (SSSR count). The Morgan fingerprint density at radius 2 is 2.31 bits per heavy atom. The highest BCUT2D eigenvalue weighted by Gasteiger charge is 2.41. The van der Waals surface area contributed by atoms with Gasteiger partial charge in [-0.2, -0.15) is 0 Å². The van der Waals surface area contributed by atoms with Gasteiger partial charge in [0.2, 0.25) is 0 Å². The van der Waals surface area contributed by atoms with Crippen LogP contribution in [-0.4, -0.2) is 19.8 Å². The minimum absolute atomic E-state index is 0.128. The number of hydrogen-bond acceptors (Lipinski definition) is 3. The summed E-state index contributed by atoms with van der Waals surface area (Å²) in [5, 5.41) is 0. The smallest absolute Gasteiger partial charge is 0.114 e. The minimum atomic E-state index is 0.128. The van der Waals surface area contributed by atoms with Crippen molar-refractivity contribution < 1.29 is 9.15 Å². The van der Waals surface area contributed by atoms with Gasteiger partial charge in [-0.3, -0.25) is 0 Å². The van der Waals surface area contributed by atoms with E-state index in [9.17, 15) is 0 Å². The molecule has 0 saturated carbocycles. The second-order valence-electron chi connectivity index (χ2n) is 3.64. The molecular formula is C10H15NO2. The van der Waals surface area contributed by atoms with Crippen LogP contribution in [0.1, 0.15) is 18.6 Å². The van der Waals surface area contributed by atoms with E-state index in [2.05, 4.69) is 0 Å². The zero-order chi connectivity index (χ0) is 9.15. The summed E-state index contributed by atoms with van der Waals surface area (Å²) in [4.78, 5) is 0. The summed E-state index contributed by atoms with van der Waals surface area (Å²) in [6, 6.07) is 3.96. The maximum atomic E-state index is 5.50. The largest absolute Gasteiger partial charge is 0.469 e. The molecule has 0 amide bonds. The van der Waals surface area contributed by atoms with Crippen LogP contribution in [0.4, 0.5) is 0 Å². The highest BCUT2D eigenvalue weighted by Crippen LogP contribution is 2.36. The lowest BCUT2D eigenvalue weighted by atomic mass is 9.79. The molecule has 0 aliphatic carbocycles. The third kappa shape index (κ3) is 1.49. The predicted molar refractivity (Wildman–Crippen MR) is 49.5 cm³/mol. The first-order valence-corrected chi connectivity index (χ1v) is 4.69. The van der Waals surface area contributed by atoms with E-state index >= 15 is 0 Å². The molecule has 1 fully saturated rings. The topological polar surface area (TPSA) is 48.4 Å². The lowest BCUT2D eigenvalue weighted by Crippen LogP contribution is -2.46. The van der Waals surface area contributed by atoms with Crippen molar-refractivity contribution in [3.63, 3.8) is 0 Å². The number of ether oxygens (including phenoxy) is 1. The van der Waals surface area contributed by atoms with Crippen molar-refractivity contribution in [3.05, 3.63) is 24.2 Å². The van der Waals surface area contributed by atoms with Crippen molar-refractivity contribution in [2.24, 2.45) is 5.73 Å². The van der Waals surface area contributed by atoms with Crippen molar-refractivity contribution in [1.29, 1.82) is 0 Å². The monoisotopic (exact) mass is 181 g/mol. The van der Waals surface area contributed by atoms with Crippen molar-refractivity contribution >= 4 is 0 Å². The van der Waals surface area contributed by atoms with Gasteiger partial charge in [-0.05, 0) is 31.5 Å². The first-order chi connectivity index (χ1) is 6.37. The molecule has 3 heteroatoms. The fourth-order valence-corrected chi connectivity index (χ4v) is 1.78. The Kier molecular flexibility index (Phi) is 2.38. The van der Waals surface area contributed by atoms with Crippen molar-refractivity contribution in [2.45, 2.75) is 18.3 Å². The fraction of sp³-hybridized carbons (Fsp3) is 0.600. The van der Waals surface area contributed by atoms with Gasteiger partial charge in [0.1, 0.15) is 5.76 Å². The van der Waals surface area contributed by atoms with Gasteiger partial charge in [0.15, 0.2) is 0 Å². The molecule has 72 valence electrons. The highest BCUT2D eigenvalue weighted by molar-refractivity contribution is 5.17. The highest BCUT2D eigenvalue weighted by atomic mass is 16.5. The van der Waals surface area contributed by atoms with Gasteiger partial charge in [0, 0.05) is 0 Å². The second-order valence-corrected chi connectivity index (χ2v) is 3.64. The van der Waals surface area contributed by atoms with Crippen LogP contribution in [0, 0.1) is 0 Å². The molecule has 1 aromatic heterocycles. The van der Waals surface area contributed by atoms with Gasteiger partial charge in [0.05, 0.1) is 24.9 Å². The van der Waals surface area contributed by atoms with Gasteiger partial charge in [-0.1, -0.05) is 0 Å². The average molecular weight is 181 g/mol. The Balaban J connectivity index is 2.07. The van der Waals surface area contributed by atoms with E-state index in [1.54, 1.807) is 6.26 Å². The number of furan rings is 1. The minimum Gasteiger partial charge on any atom is -0.469 e. The van der Waals surface area contributed by atoms with Crippen LogP contribution in [0.5, 0.6) is 0 Å². The van der Waals surface area contributed by atoms with E-state index < -0.39 is 0 Å². The molecule has 0 radical (unpaired) electrons. The van der Waals surface area contributed by atoms with Crippen LogP contribution < -0.4 is 5.73 Å². The standard InChI is InChI=1S/C10H15NO2/c11-5-2-4-10(7-12-8-10)9-3-1-6-13-9/h1,3,6H,2,4-5,7-8,11H2. The Bertz CT molecular complexity index is 252. The molecule has 1 aliphatic heterocycles. The molecule has 0 spiro atoms. The molecule has 2 heterocycles. The van der Waals surface area contributed by atoms with Crippen LogP contribution in [0.15, 0.2) is 22.8 Å². The SMILES string of the molecule is NCCCC1(c2ccco2)COC1. The van der Waals surface area contributed by atoms with Gasteiger partial charge >= 0.3 is 0 Å². The quantitative estimate of drug-likeness (QED) is 0.761. The summed E-state index contributed by atoms with van der Waals surface area (Å²) in [6.07, 6.45) is 3.82. The molecule has 1 saturated heterocycles. The molecule has 1 aliphatic rings. The number of nitrogens with two attached hydrogens (primary N) is 1. The van der Waals surface area contributed by atoms with Crippen LogP contribution in [0.2, 0.25) is 0 Å². The number of hydrogen-bond donors (Lipinski definition) is 1. The molecule has 13 heavy (non-hydrogen) atoms. The summed E-state index contributed by atoms with van der Waals surface area (Å²) >= 11 is 0. The van der Waals surface area contributed by atoms with Gasteiger partial charge < -0.3 is 14.9 Å². The van der Waals surface area contributed by atoms with Crippen LogP contribution in [-0.2, 0) is 10.2 Å². The van der Waals surface area contributed by atoms with E-state index in [0.29, 0.717) is 0 Å². The first kappa shape index (κ1) is 8.78.